The molecule has 0 aliphatic carbocycles. The summed E-state index contributed by atoms with van der Waals surface area (Å²) in [6.45, 7) is 3.53. The number of carbonyl (C=O) groups is 1. The summed E-state index contributed by atoms with van der Waals surface area (Å²) in [5.74, 6) is -0.0751. The summed E-state index contributed by atoms with van der Waals surface area (Å²) in [5, 5.41) is 9.62. The number of rotatable bonds is 5. The van der Waals surface area contributed by atoms with E-state index >= 15 is 0 Å². The Balaban J connectivity index is 1.94. The minimum Gasteiger partial charge on any atom is -0.390 e. The third-order valence-corrected chi connectivity index (χ3v) is 3.51. The van der Waals surface area contributed by atoms with Crippen LogP contribution in [0.5, 0.6) is 0 Å². The number of unbranched alkanes of at least 4 members (excludes halogenated alkanes) is 1. The number of hydrogen-bond donors (Lipinski definition) is 1. The number of Topliss-reactive ketones (excluding diaryl/α,β-unsaturated/α-hetero) is 1. The Morgan fingerprint density at radius 1 is 1.26 bits per heavy atom. The zero-order chi connectivity index (χ0) is 14.0. The summed E-state index contributed by atoms with van der Waals surface area (Å²) in [7, 11) is 0. The van der Waals surface area contributed by atoms with E-state index < -0.39 is 11.6 Å². The number of aliphatic hydroxyl groups is 1. The van der Waals surface area contributed by atoms with Crippen molar-refractivity contribution in [3.63, 3.8) is 0 Å². The fourth-order valence-electron chi connectivity index (χ4n) is 2.47. The van der Waals surface area contributed by atoms with Crippen LogP contribution in [0.2, 0.25) is 0 Å². The smallest absolute Gasteiger partial charge is 0.270 e. The molecule has 19 heavy (non-hydrogen) atoms. The van der Waals surface area contributed by atoms with Crippen LogP contribution in [0.15, 0.2) is 24.3 Å². The molecule has 2 rings (SSSR count). The van der Waals surface area contributed by atoms with E-state index in [4.69, 9.17) is 0 Å². The van der Waals surface area contributed by atoms with Gasteiger partial charge in [0.05, 0.1) is 5.60 Å². The molecule has 1 N–H and O–H groups in total. The number of nitrogens with zero attached hydrogens (tertiary/aromatic N) is 1. The van der Waals surface area contributed by atoms with Crippen molar-refractivity contribution in [1.82, 2.24) is 0 Å². The first kappa shape index (κ1) is 13.9. The number of hydrogen-bond acceptors (Lipinski definition) is 3. The molecule has 4 heteroatoms. The van der Waals surface area contributed by atoms with E-state index in [1.807, 2.05) is 0 Å². The third-order valence-electron chi connectivity index (χ3n) is 3.51. The minimum absolute atomic E-state index is 0.0751. The average molecular weight is 262 g/mol. The number of carbonyl (C=O) groups excluding carboxylic acids is 1. The first-order chi connectivity index (χ1) is 8.90. The number of para-hydroxylation sites is 1. The normalized spacial score (nSPS) is 18.8. The molecule has 0 bridgehead atoms. The Bertz CT molecular complexity index is 467. The largest absolute Gasteiger partial charge is 0.390 e. The van der Waals surface area contributed by atoms with Crippen molar-refractivity contribution in [2.24, 2.45) is 0 Å². The molecule has 1 aromatic rings. The molecular weight excluding hydrogens is 242 g/mol. The number of nitroso groups, excluding NO2 is 1. The van der Waals surface area contributed by atoms with Crippen LogP contribution in [-0.2, 0) is 0 Å². The van der Waals surface area contributed by atoms with E-state index in [0.29, 0.717) is 24.1 Å². The molecule has 0 saturated carbocycles. The SMILES string of the molecule is CC(C)(O)CCCCC1C(=O)c2ccccc2[N+]1=O. The zero-order valence-electron chi connectivity index (χ0n) is 11.4. The average Bonchev–Trinajstić information content (AvgIpc) is 2.58. The first-order valence-corrected chi connectivity index (χ1v) is 6.72. The van der Waals surface area contributed by atoms with Crippen LogP contribution < -0.4 is 0 Å². The third kappa shape index (κ3) is 3.07. The lowest BCUT2D eigenvalue weighted by Crippen LogP contribution is -2.23. The highest BCUT2D eigenvalue weighted by molar-refractivity contribution is 6.05. The Labute approximate surface area is 113 Å². The van der Waals surface area contributed by atoms with Gasteiger partial charge in [0, 0.05) is 22.2 Å². The van der Waals surface area contributed by atoms with E-state index in [9.17, 15) is 14.8 Å². The Kier molecular flexibility index (Phi) is 3.80. The van der Waals surface area contributed by atoms with Gasteiger partial charge in [0.2, 0.25) is 5.78 Å². The lowest BCUT2D eigenvalue weighted by molar-refractivity contribution is -0.483. The second-order valence-electron chi connectivity index (χ2n) is 5.78. The van der Waals surface area contributed by atoms with Crippen LogP contribution in [0.4, 0.5) is 5.69 Å². The van der Waals surface area contributed by atoms with E-state index in [-0.39, 0.29) is 5.78 Å². The van der Waals surface area contributed by atoms with Crippen LogP contribution in [-0.4, -0.2) is 27.3 Å². The predicted octanol–water partition coefficient (Wildman–Crippen LogP) is 2.99. The van der Waals surface area contributed by atoms with Crippen molar-refractivity contribution in [1.29, 1.82) is 0 Å². The molecule has 0 radical (unpaired) electrons. The lowest BCUT2D eigenvalue weighted by atomic mass is 9.98. The molecule has 1 aliphatic rings. The van der Waals surface area contributed by atoms with Crippen LogP contribution in [0.25, 0.3) is 0 Å². The Morgan fingerprint density at radius 2 is 1.95 bits per heavy atom. The molecule has 0 saturated heterocycles. The minimum atomic E-state index is -0.681. The van der Waals surface area contributed by atoms with Crippen LogP contribution in [0.3, 0.4) is 0 Å². The van der Waals surface area contributed by atoms with Gasteiger partial charge in [-0.05, 0) is 32.8 Å². The van der Waals surface area contributed by atoms with Crippen molar-refractivity contribution < 1.29 is 14.7 Å². The van der Waals surface area contributed by atoms with Gasteiger partial charge in [-0.3, -0.25) is 4.79 Å². The number of ketones is 1. The zero-order valence-corrected chi connectivity index (χ0v) is 11.4. The molecule has 0 amide bonds. The summed E-state index contributed by atoms with van der Waals surface area (Å²) < 4.78 is 0.835. The van der Waals surface area contributed by atoms with E-state index in [0.717, 1.165) is 17.6 Å². The Hall–Kier alpha value is -1.55. The second kappa shape index (κ2) is 5.21. The molecule has 1 aliphatic heterocycles. The van der Waals surface area contributed by atoms with E-state index in [1.54, 1.807) is 38.1 Å². The standard InChI is InChI=1S/C15H20NO3/c1-15(2,18)10-6-5-9-13-14(17)11-7-3-4-8-12(11)16(13)19/h3-4,7-8,13,18H,5-6,9-10H2,1-2H3/q+1. The van der Waals surface area contributed by atoms with Gasteiger partial charge in [-0.25, -0.2) is 0 Å². The summed E-state index contributed by atoms with van der Waals surface area (Å²) in [4.78, 5) is 24.2. The van der Waals surface area contributed by atoms with Gasteiger partial charge in [-0.15, -0.1) is 0 Å². The van der Waals surface area contributed by atoms with Gasteiger partial charge >= 0.3 is 0 Å². The van der Waals surface area contributed by atoms with Crippen molar-refractivity contribution in [3.05, 3.63) is 34.7 Å². The topological polar surface area (TPSA) is 57.4 Å². The van der Waals surface area contributed by atoms with Crippen LogP contribution in [0, 0.1) is 4.91 Å². The monoisotopic (exact) mass is 262 g/mol. The molecule has 102 valence electrons. The van der Waals surface area contributed by atoms with Crippen molar-refractivity contribution in [2.45, 2.75) is 51.2 Å². The highest BCUT2D eigenvalue weighted by Gasteiger charge is 2.45. The molecule has 1 unspecified atom stereocenters. The highest BCUT2D eigenvalue weighted by Crippen LogP contribution is 2.31. The van der Waals surface area contributed by atoms with Crippen molar-refractivity contribution in [2.75, 3.05) is 0 Å². The van der Waals surface area contributed by atoms with Gasteiger partial charge in [0.1, 0.15) is 5.56 Å². The maximum Gasteiger partial charge on any atom is 0.270 e. The maximum absolute atomic E-state index is 12.1. The van der Waals surface area contributed by atoms with Gasteiger partial charge in [0.15, 0.2) is 0 Å². The molecule has 0 spiro atoms. The van der Waals surface area contributed by atoms with Gasteiger partial charge in [0.25, 0.3) is 11.7 Å². The molecule has 0 aromatic heterocycles. The molecule has 1 aromatic carbocycles. The lowest BCUT2D eigenvalue weighted by Gasteiger charge is -2.16. The molecule has 1 atom stereocenters. The fourth-order valence-corrected chi connectivity index (χ4v) is 2.47. The second-order valence-corrected chi connectivity index (χ2v) is 5.78. The Morgan fingerprint density at radius 3 is 2.58 bits per heavy atom. The summed E-state index contributed by atoms with van der Waals surface area (Å²) in [5.41, 5.74) is 0.338. The molecule has 4 nitrogen and oxygen atoms in total. The summed E-state index contributed by atoms with van der Waals surface area (Å²) in [6, 6.07) is 6.37. The molecule has 1 heterocycles. The molecular formula is C15H20NO3+. The maximum atomic E-state index is 12.1. The quantitative estimate of drug-likeness (QED) is 0.655. The van der Waals surface area contributed by atoms with Crippen LogP contribution >= 0.6 is 0 Å². The van der Waals surface area contributed by atoms with Crippen LogP contribution in [0.1, 0.15) is 49.9 Å². The highest BCUT2D eigenvalue weighted by atomic mass is 16.3. The summed E-state index contributed by atoms with van der Waals surface area (Å²) in [6.07, 6.45) is 2.82. The summed E-state index contributed by atoms with van der Waals surface area (Å²) >= 11 is 0. The van der Waals surface area contributed by atoms with Gasteiger partial charge < -0.3 is 5.11 Å². The number of benzene rings is 1. The van der Waals surface area contributed by atoms with Gasteiger partial charge in [-0.1, -0.05) is 18.6 Å². The molecule has 0 fully saturated rings. The van der Waals surface area contributed by atoms with E-state index in [2.05, 4.69) is 0 Å². The fraction of sp³-hybridized carbons (Fsp3) is 0.533. The predicted molar refractivity (Wildman–Crippen MR) is 72.6 cm³/mol. The van der Waals surface area contributed by atoms with Gasteiger partial charge in [-0.2, -0.15) is 0 Å². The van der Waals surface area contributed by atoms with Crippen molar-refractivity contribution >= 4 is 11.5 Å². The number of fused-ring (bicyclic) bond motifs is 1. The van der Waals surface area contributed by atoms with E-state index in [1.165, 1.54) is 0 Å². The first-order valence-electron chi connectivity index (χ1n) is 6.72. The van der Waals surface area contributed by atoms with Crippen molar-refractivity contribution in [3.8, 4) is 0 Å².